The van der Waals surface area contributed by atoms with Crippen molar-refractivity contribution < 1.29 is 4.79 Å². The molecule has 0 bridgehead atoms. The quantitative estimate of drug-likeness (QED) is 0.888. The Kier molecular flexibility index (Phi) is 3.40. The van der Waals surface area contributed by atoms with E-state index in [1.165, 1.54) is 0 Å². The van der Waals surface area contributed by atoms with Crippen molar-refractivity contribution >= 4 is 11.4 Å². The summed E-state index contributed by atoms with van der Waals surface area (Å²) in [4.78, 5) is 18.5. The van der Waals surface area contributed by atoms with Gasteiger partial charge in [0.1, 0.15) is 0 Å². The minimum absolute atomic E-state index is 0.00784. The SMILES string of the molecule is CN(C(=O)c1cnn2ccncc12)C1CCC(N)CC1. The van der Waals surface area contributed by atoms with Crippen LogP contribution in [0.15, 0.2) is 24.8 Å². The zero-order chi connectivity index (χ0) is 14.1. The third-order valence-electron chi connectivity index (χ3n) is 4.16. The molecule has 106 valence electrons. The van der Waals surface area contributed by atoms with E-state index < -0.39 is 0 Å². The van der Waals surface area contributed by atoms with Gasteiger partial charge in [0.05, 0.1) is 23.5 Å². The van der Waals surface area contributed by atoms with E-state index in [-0.39, 0.29) is 18.0 Å². The molecule has 1 amide bonds. The highest BCUT2D eigenvalue weighted by atomic mass is 16.2. The van der Waals surface area contributed by atoms with Crippen molar-refractivity contribution in [1.82, 2.24) is 19.5 Å². The number of fused-ring (bicyclic) bond motifs is 1. The number of carbonyl (C=O) groups excluding carboxylic acids is 1. The maximum atomic E-state index is 12.6. The molecule has 0 saturated heterocycles. The van der Waals surface area contributed by atoms with E-state index in [9.17, 15) is 4.79 Å². The molecule has 0 aliphatic heterocycles. The number of carbonyl (C=O) groups is 1. The summed E-state index contributed by atoms with van der Waals surface area (Å²) in [6.07, 6.45) is 10.6. The Morgan fingerprint density at radius 3 is 2.85 bits per heavy atom. The molecule has 20 heavy (non-hydrogen) atoms. The molecule has 1 fully saturated rings. The maximum Gasteiger partial charge on any atom is 0.257 e. The molecular formula is C14H19N5O. The average Bonchev–Trinajstić information content (AvgIpc) is 2.90. The number of hydrogen-bond acceptors (Lipinski definition) is 4. The summed E-state index contributed by atoms with van der Waals surface area (Å²) in [6, 6.07) is 0.560. The van der Waals surface area contributed by atoms with Crippen LogP contribution in [0.1, 0.15) is 36.0 Å². The van der Waals surface area contributed by atoms with Crippen LogP contribution in [0.25, 0.3) is 5.52 Å². The largest absolute Gasteiger partial charge is 0.339 e. The lowest BCUT2D eigenvalue weighted by Crippen LogP contribution is -2.41. The first-order valence-electron chi connectivity index (χ1n) is 6.97. The van der Waals surface area contributed by atoms with E-state index in [1.54, 1.807) is 29.3 Å². The minimum Gasteiger partial charge on any atom is -0.339 e. The molecule has 6 nitrogen and oxygen atoms in total. The first-order chi connectivity index (χ1) is 9.66. The van der Waals surface area contributed by atoms with E-state index in [0.717, 1.165) is 31.2 Å². The summed E-state index contributed by atoms with van der Waals surface area (Å²) < 4.78 is 1.67. The van der Waals surface area contributed by atoms with E-state index in [0.29, 0.717) is 5.56 Å². The van der Waals surface area contributed by atoms with E-state index in [1.807, 2.05) is 11.9 Å². The van der Waals surface area contributed by atoms with Gasteiger partial charge in [-0.3, -0.25) is 9.78 Å². The van der Waals surface area contributed by atoms with Gasteiger partial charge >= 0.3 is 0 Å². The number of nitrogens with zero attached hydrogens (tertiary/aromatic N) is 4. The number of aromatic nitrogens is 3. The monoisotopic (exact) mass is 273 g/mol. The molecule has 1 aliphatic rings. The van der Waals surface area contributed by atoms with Crippen LogP contribution >= 0.6 is 0 Å². The van der Waals surface area contributed by atoms with Crippen LogP contribution in [-0.4, -0.2) is 44.5 Å². The molecule has 2 aromatic heterocycles. The second-order valence-corrected chi connectivity index (χ2v) is 5.45. The van der Waals surface area contributed by atoms with Crippen molar-refractivity contribution in [2.45, 2.75) is 37.8 Å². The highest BCUT2D eigenvalue weighted by Crippen LogP contribution is 2.23. The number of amides is 1. The molecule has 0 aromatic carbocycles. The lowest BCUT2D eigenvalue weighted by Gasteiger charge is -2.33. The maximum absolute atomic E-state index is 12.6. The zero-order valence-corrected chi connectivity index (χ0v) is 11.6. The smallest absolute Gasteiger partial charge is 0.257 e. The topological polar surface area (TPSA) is 76.5 Å². The van der Waals surface area contributed by atoms with Gasteiger partial charge in [-0.15, -0.1) is 0 Å². The Bertz CT molecular complexity index is 615. The Morgan fingerprint density at radius 1 is 1.35 bits per heavy atom. The van der Waals surface area contributed by atoms with Crippen molar-refractivity contribution in [3.05, 3.63) is 30.4 Å². The van der Waals surface area contributed by atoms with Crippen LogP contribution in [0.4, 0.5) is 0 Å². The normalized spacial score (nSPS) is 22.9. The zero-order valence-electron chi connectivity index (χ0n) is 11.6. The summed E-state index contributed by atoms with van der Waals surface area (Å²) in [6.45, 7) is 0. The molecule has 2 aromatic rings. The van der Waals surface area contributed by atoms with Gasteiger partial charge in [-0.1, -0.05) is 0 Å². The predicted octanol–water partition coefficient (Wildman–Crippen LogP) is 1.07. The van der Waals surface area contributed by atoms with Gasteiger partial charge in [-0.25, -0.2) is 4.52 Å². The number of nitrogens with two attached hydrogens (primary N) is 1. The Balaban J connectivity index is 1.81. The fourth-order valence-electron chi connectivity index (χ4n) is 2.84. The molecule has 0 radical (unpaired) electrons. The first kappa shape index (κ1) is 13.1. The van der Waals surface area contributed by atoms with Crippen molar-refractivity contribution in [1.29, 1.82) is 0 Å². The molecule has 0 unspecified atom stereocenters. The van der Waals surface area contributed by atoms with Crippen molar-refractivity contribution in [2.24, 2.45) is 5.73 Å². The van der Waals surface area contributed by atoms with E-state index in [2.05, 4.69) is 10.1 Å². The van der Waals surface area contributed by atoms with Crippen LogP contribution in [0.5, 0.6) is 0 Å². The van der Waals surface area contributed by atoms with Gasteiger partial charge in [0, 0.05) is 31.5 Å². The van der Waals surface area contributed by atoms with Crippen molar-refractivity contribution in [2.75, 3.05) is 7.05 Å². The summed E-state index contributed by atoms with van der Waals surface area (Å²) in [5.74, 6) is 0.00784. The van der Waals surface area contributed by atoms with Crippen LogP contribution in [0.3, 0.4) is 0 Å². The first-order valence-corrected chi connectivity index (χ1v) is 6.97. The summed E-state index contributed by atoms with van der Waals surface area (Å²) >= 11 is 0. The Morgan fingerprint density at radius 2 is 2.10 bits per heavy atom. The standard InChI is InChI=1S/C14H19N5O/c1-18(11-4-2-10(15)3-5-11)14(20)12-8-17-19-7-6-16-9-13(12)19/h6-11H,2-5,15H2,1H3. The molecular weight excluding hydrogens is 254 g/mol. The highest BCUT2D eigenvalue weighted by molar-refractivity contribution is 6.00. The van der Waals surface area contributed by atoms with Crippen LogP contribution in [-0.2, 0) is 0 Å². The minimum atomic E-state index is 0.00784. The third-order valence-corrected chi connectivity index (χ3v) is 4.16. The predicted molar refractivity (Wildman–Crippen MR) is 75.3 cm³/mol. The summed E-state index contributed by atoms with van der Waals surface area (Å²) in [5.41, 5.74) is 7.27. The van der Waals surface area contributed by atoms with Gasteiger partial charge in [0.25, 0.3) is 5.91 Å². The fraction of sp³-hybridized carbons (Fsp3) is 0.500. The molecule has 6 heteroatoms. The lowest BCUT2D eigenvalue weighted by atomic mass is 9.91. The molecule has 1 aliphatic carbocycles. The van der Waals surface area contributed by atoms with Crippen LogP contribution in [0, 0.1) is 0 Å². The van der Waals surface area contributed by atoms with Crippen molar-refractivity contribution in [3.8, 4) is 0 Å². The summed E-state index contributed by atoms with van der Waals surface area (Å²) in [7, 11) is 1.86. The summed E-state index contributed by atoms with van der Waals surface area (Å²) in [5, 5.41) is 4.19. The average molecular weight is 273 g/mol. The van der Waals surface area contributed by atoms with Gasteiger partial charge in [-0.2, -0.15) is 5.10 Å². The molecule has 0 atom stereocenters. The second kappa shape index (κ2) is 5.20. The number of rotatable bonds is 2. The Hall–Kier alpha value is -1.95. The third kappa shape index (κ3) is 2.27. The highest BCUT2D eigenvalue weighted by Gasteiger charge is 2.27. The van der Waals surface area contributed by atoms with Crippen LogP contribution in [0.2, 0.25) is 0 Å². The number of hydrogen-bond donors (Lipinski definition) is 1. The second-order valence-electron chi connectivity index (χ2n) is 5.45. The molecule has 0 spiro atoms. The van der Waals surface area contributed by atoms with E-state index in [4.69, 9.17) is 5.73 Å². The molecule has 2 N–H and O–H groups in total. The molecule has 2 heterocycles. The van der Waals surface area contributed by atoms with Gasteiger partial charge in [-0.05, 0) is 25.7 Å². The fourth-order valence-corrected chi connectivity index (χ4v) is 2.84. The lowest BCUT2D eigenvalue weighted by molar-refractivity contribution is 0.0692. The van der Waals surface area contributed by atoms with E-state index >= 15 is 0 Å². The molecule has 3 rings (SSSR count). The van der Waals surface area contributed by atoms with Gasteiger partial charge in [0.2, 0.25) is 0 Å². The van der Waals surface area contributed by atoms with Crippen molar-refractivity contribution in [3.63, 3.8) is 0 Å². The van der Waals surface area contributed by atoms with Gasteiger partial charge < -0.3 is 10.6 Å². The van der Waals surface area contributed by atoms with Crippen LogP contribution < -0.4 is 5.73 Å². The van der Waals surface area contributed by atoms with Gasteiger partial charge in [0.15, 0.2) is 0 Å². The Labute approximate surface area is 117 Å². The molecule has 1 saturated carbocycles.